The zero-order valence-corrected chi connectivity index (χ0v) is 12.3. The summed E-state index contributed by atoms with van der Waals surface area (Å²) in [6.07, 6.45) is 0. The van der Waals surface area contributed by atoms with E-state index in [1.54, 1.807) is 0 Å². The Labute approximate surface area is 122 Å². The molecule has 108 valence electrons. The Morgan fingerprint density at radius 3 is 2.50 bits per heavy atom. The molecule has 1 unspecified atom stereocenters. The van der Waals surface area contributed by atoms with Crippen LogP contribution < -0.4 is 15.2 Å². The number of hydrogen-bond donors (Lipinski definition) is 3. The summed E-state index contributed by atoms with van der Waals surface area (Å²) in [7, 11) is 0. The lowest BCUT2D eigenvalue weighted by Gasteiger charge is -2.14. The zero-order chi connectivity index (χ0) is 14.5. The molecule has 0 aliphatic rings. The predicted octanol–water partition coefficient (Wildman–Crippen LogP) is 2.31. The average Bonchev–Trinajstić information content (AvgIpc) is 2.87. The van der Waals surface area contributed by atoms with Gasteiger partial charge in [0.05, 0.1) is 19.3 Å². The van der Waals surface area contributed by atoms with E-state index in [9.17, 15) is 0 Å². The molecule has 1 aromatic heterocycles. The van der Waals surface area contributed by atoms with Gasteiger partial charge >= 0.3 is 0 Å². The van der Waals surface area contributed by atoms with Gasteiger partial charge in [0.25, 0.3) is 0 Å². The van der Waals surface area contributed by atoms with Crippen molar-refractivity contribution in [2.75, 3.05) is 13.2 Å². The smallest absolute Gasteiger partial charge is 0.213 e. The van der Waals surface area contributed by atoms with Gasteiger partial charge in [-0.3, -0.25) is 10.2 Å². The van der Waals surface area contributed by atoms with Crippen molar-refractivity contribution >= 4 is 12.2 Å². The van der Waals surface area contributed by atoms with Gasteiger partial charge in [-0.25, -0.2) is 4.98 Å². The Morgan fingerprint density at radius 2 is 1.90 bits per heavy atom. The first-order chi connectivity index (χ1) is 9.65. The highest BCUT2D eigenvalue weighted by Gasteiger charge is 2.15. The third kappa shape index (κ3) is 3.17. The van der Waals surface area contributed by atoms with E-state index in [4.69, 9.17) is 27.4 Å². The molecule has 0 fully saturated rings. The van der Waals surface area contributed by atoms with Crippen LogP contribution in [0.15, 0.2) is 18.2 Å². The maximum Gasteiger partial charge on any atom is 0.213 e. The minimum absolute atomic E-state index is 0.381. The van der Waals surface area contributed by atoms with E-state index in [1.165, 1.54) is 0 Å². The van der Waals surface area contributed by atoms with Gasteiger partial charge in [-0.2, -0.15) is 0 Å². The van der Waals surface area contributed by atoms with Crippen LogP contribution >= 0.6 is 12.2 Å². The van der Waals surface area contributed by atoms with E-state index in [-0.39, 0.29) is 0 Å². The highest BCUT2D eigenvalue weighted by molar-refractivity contribution is 7.71. The van der Waals surface area contributed by atoms with Crippen LogP contribution in [0.3, 0.4) is 0 Å². The molecule has 7 heteroatoms. The van der Waals surface area contributed by atoms with E-state index >= 15 is 0 Å². The molecule has 0 aliphatic heterocycles. The second kappa shape index (κ2) is 6.53. The standard InChI is InChI=1S/C13H18N4O2S/c1-3-18-9-6-5-8(7-10(9)19-4-2)11(14)12-15-13(20)17-16-12/h5-7,11H,3-4,14H2,1-2H3,(H2,15,16,17,20). The second-order valence-corrected chi connectivity index (χ2v) is 4.49. The SMILES string of the molecule is CCOc1ccc(C(N)c2nc(=S)[nH][nH]2)cc1OCC. The van der Waals surface area contributed by atoms with E-state index in [1.807, 2.05) is 32.0 Å². The van der Waals surface area contributed by atoms with Crippen LogP contribution in [0.2, 0.25) is 0 Å². The van der Waals surface area contributed by atoms with Crippen LogP contribution in [0.4, 0.5) is 0 Å². The average molecular weight is 294 g/mol. The molecule has 1 aromatic carbocycles. The molecule has 1 heterocycles. The number of nitrogens with two attached hydrogens (primary N) is 1. The van der Waals surface area contributed by atoms with Gasteiger partial charge in [0.1, 0.15) is 5.82 Å². The van der Waals surface area contributed by atoms with E-state index in [2.05, 4.69) is 15.2 Å². The maximum atomic E-state index is 6.16. The second-order valence-electron chi connectivity index (χ2n) is 4.10. The maximum absolute atomic E-state index is 6.16. The van der Waals surface area contributed by atoms with Crippen LogP contribution in [-0.4, -0.2) is 28.4 Å². The highest BCUT2D eigenvalue weighted by atomic mass is 32.1. The van der Waals surface area contributed by atoms with Gasteiger partial charge in [0.15, 0.2) is 11.5 Å². The number of aromatic nitrogens is 3. The molecule has 2 aromatic rings. The lowest BCUT2D eigenvalue weighted by Crippen LogP contribution is -2.14. The summed E-state index contributed by atoms with van der Waals surface area (Å²) in [4.78, 5) is 4.13. The Kier molecular flexibility index (Phi) is 4.75. The number of aromatic amines is 2. The van der Waals surface area contributed by atoms with Crippen LogP contribution in [-0.2, 0) is 0 Å². The van der Waals surface area contributed by atoms with Gasteiger partial charge < -0.3 is 15.2 Å². The highest BCUT2D eigenvalue weighted by Crippen LogP contribution is 2.31. The minimum Gasteiger partial charge on any atom is -0.490 e. The number of rotatable bonds is 6. The predicted molar refractivity (Wildman–Crippen MR) is 78.6 cm³/mol. The van der Waals surface area contributed by atoms with Gasteiger partial charge in [-0.05, 0) is 43.8 Å². The van der Waals surface area contributed by atoms with E-state index in [0.717, 1.165) is 5.56 Å². The van der Waals surface area contributed by atoms with Gasteiger partial charge in [-0.15, -0.1) is 0 Å². The number of H-pyrrole nitrogens is 2. The Hall–Kier alpha value is -1.86. The van der Waals surface area contributed by atoms with Crippen molar-refractivity contribution in [2.45, 2.75) is 19.9 Å². The van der Waals surface area contributed by atoms with Gasteiger partial charge in [0, 0.05) is 0 Å². The Balaban J connectivity index is 2.32. The fraction of sp³-hybridized carbons (Fsp3) is 0.385. The number of ether oxygens (including phenoxy) is 2. The number of benzene rings is 1. The third-order valence-electron chi connectivity index (χ3n) is 2.74. The van der Waals surface area contributed by atoms with Crippen molar-refractivity contribution in [3.05, 3.63) is 34.4 Å². The minimum atomic E-state index is -0.405. The lowest BCUT2D eigenvalue weighted by molar-refractivity contribution is 0.287. The van der Waals surface area contributed by atoms with E-state index < -0.39 is 6.04 Å². The lowest BCUT2D eigenvalue weighted by atomic mass is 10.1. The number of hydrogen-bond acceptors (Lipinski definition) is 5. The van der Waals surface area contributed by atoms with Crippen molar-refractivity contribution in [1.82, 2.24) is 15.2 Å². The summed E-state index contributed by atoms with van der Waals surface area (Å²) in [5, 5.41) is 5.59. The summed E-state index contributed by atoms with van der Waals surface area (Å²) < 4.78 is 11.5. The quantitative estimate of drug-likeness (QED) is 0.711. The first kappa shape index (κ1) is 14.5. The normalized spacial score (nSPS) is 12.2. The molecular formula is C13H18N4O2S. The molecule has 0 spiro atoms. The first-order valence-corrected chi connectivity index (χ1v) is 6.86. The molecule has 6 nitrogen and oxygen atoms in total. The van der Waals surface area contributed by atoms with Gasteiger partial charge in [0.2, 0.25) is 4.77 Å². The fourth-order valence-corrected chi connectivity index (χ4v) is 2.00. The Morgan fingerprint density at radius 1 is 1.20 bits per heavy atom. The molecule has 0 amide bonds. The summed E-state index contributed by atoms with van der Waals surface area (Å²) in [6, 6.07) is 5.21. The van der Waals surface area contributed by atoms with Crippen LogP contribution in [0, 0.1) is 4.77 Å². The molecule has 20 heavy (non-hydrogen) atoms. The molecule has 0 radical (unpaired) electrons. The van der Waals surface area contributed by atoms with Crippen LogP contribution in [0.5, 0.6) is 11.5 Å². The van der Waals surface area contributed by atoms with Crippen molar-refractivity contribution in [3.63, 3.8) is 0 Å². The summed E-state index contributed by atoms with van der Waals surface area (Å²) in [6.45, 7) is 4.99. The van der Waals surface area contributed by atoms with E-state index in [0.29, 0.717) is 35.3 Å². The van der Waals surface area contributed by atoms with Crippen LogP contribution in [0.1, 0.15) is 31.3 Å². The van der Waals surface area contributed by atoms with Crippen molar-refractivity contribution < 1.29 is 9.47 Å². The van der Waals surface area contributed by atoms with Crippen molar-refractivity contribution in [1.29, 1.82) is 0 Å². The fourth-order valence-electron chi connectivity index (χ4n) is 1.85. The zero-order valence-electron chi connectivity index (χ0n) is 11.5. The molecule has 1 atom stereocenters. The summed E-state index contributed by atoms with van der Waals surface area (Å²) in [5.74, 6) is 1.97. The Bertz CT molecular complexity index is 623. The monoisotopic (exact) mass is 294 g/mol. The molecule has 0 saturated heterocycles. The largest absolute Gasteiger partial charge is 0.490 e. The number of nitrogens with zero attached hydrogens (tertiary/aromatic N) is 1. The van der Waals surface area contributed by atoms with Gasteiger partial charge in [-0.1, -0.05) is 6.07 Å². The molecule has 0 aliphatic carbocycles. The first-order valence-electron chi connectivity index (χ1n) is 6.45. The molecule has 0 bridgehead atoms. The molecular weight excluding hydrogens is 276 g/mol. The topological polar surface area (TPSA) is 89.0 Å². The summed E-state index contributed by atoms with van der Waals surface area (Å²) in [5.41, 5.74) is 7.03. The number of nitrogens with one attached hydrogen (secondary N) is 2. The van der Waals surface area contributed by atoms with Crippen molar-refractivity contribution in [3.8, 4) is 11.5 Å². The summed E-state index contributed by atoms with van der Waals surface area (Å²) >= 11 is 4.93. The van der Waals surface area contributed by atoms with Crippen molar-refractivity contribution in [2.24, 2.45) is 5.73 Å². The molecule has 4 N–H and O–H groups in total. The molecule has 0 saturated carbocycles. The third-order valence-corrected chi connectivity index (χ3v) is 2.93. The van der Waals surface area contributed by atoms with Crippen LogP contribution in [0.25, 0.3) is 0 Å². The molecule has 2 rings (SSSR count).